The summed E-state index contributed by atoms with van der Waals surface area (Å²) < 4.78 is 7.23. The van der Waals surface area contributed by atoms with E-state index in [0.29, 0.717) is 19.2 Å². The van der Waals surface area contributed by atoms with Crippen LogP contribution in [0.25, 0.3) is 0 Å². The molecular weight excluding hydrogens is 230 g/mol. The van der Waals surface area contributed by atoms with E-state index < -0.39 is 6.10 Å². The molecule has 0 aliphatic heterocycles. The summed E-state index contributed by atoms with van der Waals surface area (Å²) in [4.78, 5) is 11.7. The Bertz CT molecular complexity index is 374. The number of nitrogens with zero attached hydrogens (tertiary/aromatic N) is 2. The van der Waals surface area contributed by atoms with Gasteiger partial charge in [0.2, 0.25) is 5.91 Å². The van der Waals surface area contributed by atoms with Crippen LogP contribution in [-0.2, 0) is 16.1 Å². The summed E-state index contributed by atoms with van der Waals surface area (Å²) in [5.41, 5.74) is 1.000. The molecule has 1 aromatic heterocycles. The molecule has 0 radical (unpaired) electrons. The molecule has 0 saturated carbocycles. The van der Waals surface area contributed by atoms with Gasteiger partial charge in [-0.05, 0) is 27.2 Å². The summed E-state index contributed by atoms with van der Waals surface area (Å²) in [5.74, 6) is -0.0826. The summed E-state index contributed by atoms with van der Waals surface area (Å²) in [6, 6.07) is 0.335. The fourth-order valence-corrected chi connectivity index (χ4v) is 1.45. The van der Waals surface area contributed by atoms with Gasteiger partial charge in [-0.1, -0.05) is 6.92 Å². The Balaban J connectivity index is 2.37. The lowest BCUT2D eigenvalue weighted by Gasteiger charge is -2.12. The van der Waals surface area contributed by atoms with Crippen LogP contribution in [0.1, 0.15) is 45.7 Å². The minimum Gasteiger partial charge on any atom is -0.369 e. The van der Waals surface area contributed by atoms with Crippen molar-refractivity contribution in [3.63, 3.8) is 0 Å². The van der Waals surface area contributed by atoms with Gasteiger partial charge in [0, 0.05) is 31.0 Å². The van der Waals surface area contributed by atoms with Gasteiger partial charge in [0.15, 0.2) is 0 Å². The first-order valence-corrected chi connectivity index (χ1v) is 6.47. The molecule has 0 saturated heterocycles. The van der Waals surface area contributed by atoms with Gasteiger partial charge in [-0.2, -0.15) is 5.10 Å². The minimum absolute atomic E-state index is 0.0826. The maximum absolute atomic E-state index is 11.7. The smallest absolute Gasteiger partial charge is 0.249 e. The average Bonchev–Trinajstić information content (AvgIpc) is 2.81. The molecule has 1 atom stereocenters. The molecule has 1 amide bonds. The maximum atomic E-state index is 11.7. The number of ether oxygens (including phenoxy) is 1. The highest BCUT2D eigenvalue weighted by atomic mass is 16.5. The molecule has 0 spiro atoms. The van der Waals surface area contributed by atoms with Crippen LogP contribution in [0.3, 0.4) is 0 Å². The fourth-order valence-electron chi connectivity index (χ4n) is 1.45. The van der Waals surface area contributed by atoms with Crippen molar-refractivity contribution in [2.75, 3.05) is 6.61 Å². The van der Waals surface area contributed by atoms with Gasteiger partial charge in [0.25, 0.3) is 0 Å². The predicted molar refractivity (Wildman–Crippen MR) is 70.2 cm³/mol. The minimum atomic E-state index is -0.398. The normalized spacial score (nSPS) is 12.7. The zero-order valence-electron chi connectivity index (χ0n) is 11.6. The van der Waals surface area contributed by atoms with Gasteiger partial charge >= 0.3 is 0 Å². The second kappa shape index (κ2) is 7.16. The molecule has 0 aromatic carbocycles. The summed E-state index contributed by atoms with van der Waals surface area (Å²) >= 11 is 0. The van der Waals surface area contributed by atoms with Crippen LogP contribution in [0.2, 0.25) is 0 Å². The second-order valence-corrected chi connectivity index (χ2v) is 4.65. The highest BCUT2D eigenvalue weighted by molar-refractivity contribution is 5.80. The number of carbonyl (C=O) groups is 1. The quantitative estimate of drug-likeness (QED) is 0.807. The second-order valence-electron chi connectivity index (χ2n) is 4.65. The van der Waals surface area contributed by atoms with Gasteiger partial charge in [0.1, 0.15) is 6.10 Å². The Hall–Kier alpha value is -1.36. The molecule has 0 fully saturated rings. The lowest BCUT2D eigenvalue weighted by molar-refractivity contribution is -0.131. The Morgan fingerprint density at radius 3 is 2.78 bits per heavy atom. The molecule has 0 aliphatic rings. The summed E-state index contributed by atoms with van der Waals surface area (Å²) in [6.07, 6.45) is 4.24. The maximum Gasteiger partial charge on any atom is 0.249 e. The number of carbonyl (C=O) groups excluding carboxylic acids is 1. The van der Waals surface area contributed by atoms with Crippen molar-refractivity contribution in [1.29, 1.82) is 0 Å². The van der Waals surface area contributed by atoms with E-state index in [0.717, 1.165) is 12.0 Å². The lowest BCUT2D eigenvalue weighted by Crippen LogP contribution is -2.34. The summed E-state index contributed by atoms with van der Waals surface area (Å²) in [6.45, 7) is 9.02. The van der Waals surface area contributed by atoms with E-state index in [4.69, 9.17) is 4.74 Å². The Morgan fingerprint density at radius 2 is 2.22 bits per heavy atom. The first-order valence-electron chi connectivity index (χ1n) is 6.47. The third-order valence-corrected chi connectivity index (χ3v) is 2.59. The number of hydrogen-bond donors (Lipinski definition) is 1. The first-order chi connectivity index (χ1) is 8.54. The van der Waals surface area contributed by atoms with Crippen LogP contribution in [0.4, 0.5) is 0 Å². The molecule has 1 rings (SSSR count). The number of nitrogens with one attached hydrogen (secondary N) is 1. The standard InChI is InChI=1S/C13H23N3O2/c1-5-6-18-11(4)13(17)14-7-12-8-15-16(9-12)10(2)3/h8-11H,5-7H2,1-4H3,(H,14,17). The monoisotopic (exact) mass is 253 g/mol. The van der Waals surface area contributed by atoms with Crippen LogP contribution in [0, 0.1) is 0 Å². The lowest BCUT2D eigenvalue weighted by atomic mass is 10.3. The van der Waals surface area contributed by atoms with Gasteiger partial charge in [0.05, 0.1) is 6.20 Å². The molecule has 18 heavy (non-hydrogen) atoms. The molecule has 0 aliphatic carbocycles. The van der Waals surface area contributed by atoms with Crippen LogP contribution in [-0.4, -0.2) is 28.4 Å². The largest absolute Gasteiger partial charge is 0.369 e. The fraction of sp³-hybridized carbons (Fsp3) is 0.692. The molecule has 1 N–H and O–H groups in total. The molecule has 0 bridgehead atoms. The highest BCUT2D eigenvalue weighted by Gasteiger charge is 2.12. The van der Waals surface area contributed by atoms with Crippen LogP contribution >= 0.6 is 0 Å². The number of hydrogen-bond acceptors (Lipinski definition) is 3. The zero-order chi connectivity index (χ0) is 13.5. The Labute approximate surface area is 109 Å². The van der Waals surface area contributed by atoms with E-state index in [1.165, 1.54) is 0 Å². The van der Waals surface area contributed by atoms with Crippen molar-refractivity contribution in [3.8, 4) is 0 Å². The summed E-state index contributed by atoms with van der Waals surface area (Å²) in [5, 5.41) is 7.06. The van der Waals surface area contributed by atoms with Gasteiger partial charge < -0.3 is 10.1 Å². The summed E-state index contributed by atoms with van der Waals surface area (Å²) in [7, 11) is 0. The van der Waals surface area contributed by atoms with Crippen molar-refractivity contribution in [2.24, 2.45) is 0 Å². The third-order valence-electron chi connectivity index (χ3n) is 2.59. The average molecular weight is 253 g/mol. The van der Waals surface area contributed by atoms with E-state index in [-0.39, 0.29) is 5.91 Å². The van der Waals surface area contributed by atoms with E-state index >= 15 is 0 Å². The first kappa shape index (κ1) is 14.7. The Morgan fingerprint density at radius 1 is 1.50 bits per heavy atom. The third kappa shape index (κ3) is 4.49. The van der Waals surface area contributed by atoms with E-state index in [1.807, 2.05) is 17.8 Å². The molecule has 1 aromatic rings. The molecular formula is C13H23N3O2. The van der Waals surface area contributed by atoms with Crippen molar-refractivity contribution < 1.29 is 9.53 Å². The van der Waals surface area contributed by atoms with Gasteiger partial charge in [-0.15, -0.1) is 0 Å². The molecule has 1 heterocycles. The molecule has 102 valence electrons. The van der Waals surface area contributed by atoms with E-state index in [1.54, 1.807) is 13.1 Å². The van der Waals surface area contributed by atoms with Crippen molar-refractivity contribution in [2.45, 2.75) is 52.8 Å². The van der Waals surface area contributed by atoms with Crippen molar-refractivity contribution in [3.05, 3.63) is 18.0 Å². The molecule has 5 nitrogen and oxygen atoms in total. The van der Waals surface area contributed by atoms with Gasteiger partial charge in [-0.3, -0.25) is 9.48 Å². The van der Waals surface area contributed by atoms with E-state index in [9.17, 15) is 4.79 Å². The Kier molecular flexibility index (Phi) is 5.85. The van der Waals surface area contributed by atoms with Crippen LogP contribution < -0.4 is 5.32 Å². The number of rotatable bonds is 7. The zero-order valence-corrected chi connectivity index (χ0v) is 11.6. The van der Waals surface area contributed by atoms with Crippen molar-refractivity contribution in [1.82, 2.24) is 15.1 Å². The topological polar surface area (TPSA) is 56.1 Å². The molecule has 1 unspecified atom stereocenters. The van der Waals surface area contributed by atoms with Gasteiger partial charge in [-0.25, -0.2) is 0 Å². The van der Waals surface area contributed by atoms with Crippen LogP contribution in [0.15, 0.2) is 12.4 Å². The highest BCUT2D eigenvalue weighted by Crippen LogP contribution is 2.05. The van der Waals surface area contributed by atoms with E-state index in [2.05, 4.69) is 24.3 Å². The van der Waals surface area contributed by atoms with Crippen LogP contribution in [0.5, 0.6) is 0 Å². The number of amides is 1. The molecule has 5 heteroatoms. The predicted octanol–water partition coefficient (Wildman–Crippen LogP) is 1.90. The SMILES string of the molecule is CCCOC(C)C(=O)NCc1cnn(C(C)C)c1. The van der Waals surface area contributed by atoms with Crippen molar-refractivity contribution >= 4 is 5.91 Å². The number of aromatic nitrogens is 2.